The van der Waals surface area contributed by atoms with Crippen molar-refractivity contribution in [3.05, 3.63) is 52.8 Å². The van der Waals surface area contributed by atoms with Crippen LogP contribution in [0.15, 0.2) is 30.3 Å². The Morgan fingerprint density at radius 1 is 1.26 bits per heavy atom. The lowest BCUT2D eigenvalue weighted by Crippen LogP contribution is -2.35. The molecule has 0 unspecified atom stereocenters. The van der Waals surface area contributed by atoms with Crippen molar-refractivity contribution >= 4 is 11.8 Å². The molecule has 2 atom stereocenters. The number of rotatable bonds is 8. The highest BCUT2D eigenvalue weighted by Gasteiger charge is 2.37. The Balaban J connectivity index is 1.20. The fourth-order valence-electron chi connectivity index (χ4n) is 5.63. The molecule has 3 aliphatic heterocycles. The van der Waals surface area contributed by atoms with Gasteiger partial charge in [-0.05, 0) is 79.1 Å². The Morgan fingerprint density at radius 3 is 2.87 bits per heavy atom. The van der Waals surface area contributed by atoms with Crippen LogP contribution in [-0.2, 0) is 11.2 Å². The Kier molecular flexibility index (Phi) is 6.77. The van der Waals surface area contributed by atoms with Gasteiger partial charge >= 0.3 is 0 Å². The molecule has 1 saturated heterocycles. The smallest absolute Gasteiger partial charge is 0.251 e. The van der Waals surface area contributed by atoms with Gasteiger partial charge in [-0.2, -0.15) is 4.68 Å². The molecule has 2 N–H and O–H groups in total. The highest BCUT2D eigenvalue weighted by Crippen LogP contribution is 2.50. The molecule has 2 aromatic carbocycles. The van der Waals surface area contributed by atoms with E-state index in [1.165, 1.54) is 0 Å². The molecular formula is C27H31N7O5. The van der Waals surface area contributed by atoms with Crippen molar-refractivity contribution in [2.24, 2.45) is 5.92 Å². The molecule has 6 rings (SSSR count). The van der Waals surface area contributed by atoms with E-state index in [1.54, 1.807) is 23.9 Å². The summed E-state index contributed by atoms with van der Waals surface area (Å²) in [5.41, 5.74) is 3.34. The summed E-state index contributed by atoms with van der Waals surface area (Å²) in [7, 11) is 3.66. The van der Waals surface area contributed by atoms with Gasteiger partial charge in [-0.1, -0.05) is 0 Å². The highest BCUT2D eigenvalue weighted by atomic mass is 16.7. The molecule has 0 radical (unpaired) electrons. The molecule has 4 heterocycles. The lowest BCUT2D eigenvalue weighted by molar-refractivity contribution is -0.122. The number of carbonyl (C=O) groups is 2. The number of likely N-dealkylation sites (N-methyl/N-ethyl adjacent to an activating group) is 1. The van der Waals surface area contributed by atoms with Gasteiger partial charge in [0.1, 0.15) is 6.04 Å². The van der Waals surface area contributed by atoms with Crippen LogP contribution in [0.25, 0.3) is 5.69 Å². The first kappa shape index (κ1) is 25.1. The molecule has 12 nitrogen and oxygen atoms in total. The third kappa shape index (κ3) is 4.65. The Labute approximate surface area is 225 Å². The van der Waals surface area contributed by atoms with Gasteiger partial charge in [0, 0.05) is 36.7 Å². The molecule has 2 amide bonds. The number of fused-ring (bicyclic) bond motifs is 2. The average Bonchev–Trinajstić information content (AvgIpc) is 3.71. The zero-order valence-electron chi connectivity index (χ0n) is 22.0. The number of carbonyl (C=O) groups excluding carboxylic acids is 2. The number of hydrogen-bond donors (Lipinski definition) is 2. The SMILES string of the molecule is COc1c2c(cc3c1[C@@H](c1nnnn1-c1ccc(C(=O)NCCC[C@H]4CCNC4=O)cc1)N(C)CC3)OCO2. The summed E-state index contributed by atoms with van der Waals surface area (Å²) < 4.78 is 18.9. The van der Waals surface area contributed by atoms with Crippen LogP contribution in [0.1, 0.15) is 52.6 Å². The Hall–Kier alpha value is -4.19. The predicted molar refractivity (Wildman–Crippen MR) is 139 cm³/mol. The van der Waals surface area contributed by atoms with E-state index in [-0.39, 0.29) is 30.6 Å². The molecule has 1 fully saturated rings. The van der Waals surface area contributed by atoms with Gasteiger partial charge in [0.2, 0.25) is 18.4 Å². The number of aromatic nitrogens is 4. The number of methoxy groups -OCH3 is 1. The second-order valence-electron chi connectivity index (χ2n) is 10.0. The molecule has 0 bridgehead atoms. The van der Waals surface area contributed by atoms with Crippen molar-refractivity contribution in [2.75, 3.05) is 40.6 Å². The molecule has 39 heavy (non-hydrogen) atoms. The minimum Gasteiger partial charge on any atom is -0.492 e. The third-order valence-electron chi connectivity index (χ3n) is 7.69. The number of hydrogen-bond acceptors (Lipinski definition) is 9. The maximum absolute atomic E-state index is 12.7. The number of nitrogens with zero attached hydrogens (tertiary/aromatic N) is 5. The summed E-state index contributed by atoms with van der Waals surface area (Å²) >= 11 is 0. The van der Waals surface area contributed by atoms with Crippen LogP contribution >= 0.6 is 0 Å². The maximum Gasteiger partial charge on any atom is 0.251 e. The van der Waals surface area contributed by atoms with Crippen LogP contribution in [0.5, 0.6) is 17.2 Å². The van der Waals surface area contributed by atoms with E-state index >= 15 is 0 Å². The lowest BCUT2D eigenvalue weighted by atomic mass is 9.90. The number of tetrazole rings is 1. The number of benzene rings is 2. The van der Waals surface area contributed by atoms with E-state index in [2.05, 4.69) is 31.1 Å². The average molecular weight is 534 g/mol. The molecule has 3 aliphatic rings. The van der Waals surface area contributed by atoms with Crippen molar-refractivity contribution in [1.82, 2.24) is 35.7 Å². The summed E-state index contributed by atoms with van der Waals surface area (Å²) in [6.45, 7) is 2.23. The zero-order chi connectivity index (χ0) is 26.9. The normalized spacial score (nSPS) is 20.0. The van der Waals surface area contributed by atoms with E-state index < -0.39 is 0 Å². The molecule has 1 aromatic heterocycles. The van der Waals surface area contributed by atoms with E-state index in [4.69, 9.17) is 14.2 Å². The van der Waals surface area contributed by atoms with Gasteiger partial charge in [-0.3, -0.25) is 14.5 Å². The van der Waals surface area contributed by atoms with E-state index in [0.29, 0.717) is 35.2 Å². The van der Waals surface area contributed by atoms with E-state index in [0.717, 1.165) is 55.6 Å². The minimum atomic E-state index is -0.280. The van der Waals surface area contributed by atoms with Crippen molar-refractivity contribution in [3.63, 3.8) is 0 Å². The minimum absolute atomic E-state index is 0.0589. The summed E-state index contributed by atoms with van der Waals surface area (Å²) in [6.07, 6.45) is 3.23. The second kappa shape index (κ2) is 10.5. The molecule has 12 heteroatoms. The number of nitrogens with one attached hydrogen (secondary N) is 2. The van der Waals surface area contributed by atoms with Gasteiger partial charge in [0.25, 0.3) is 5.91 Å². The summed E-state index contributed by atoms with van der Waals surface area (Å²) in [5.74, 6) is 2.56. The van der Waals surface area contributed by atoms with Crippen molar-refractivity contribution < 1.29 is 23.8 Å². The molecule has 204 valence electrons. The predicted octanol–water partition coefficient (Wildman–Crippen LogP) is 1.62. The monoisotopic (exact) mass is 533 g/mol. The van der Waals surface area contributed by atoms with Crippen LogP contribution in [0, 0.1) is 5.92 Å². The van der Waals surface area contributed by atoms with Crippen molar-refractivity contribution in [1.29, 1.82) is 0 Å². The number of ether oxygens (including phenoxy) is 3. The zero-order valence-corrected chi connectivity index (χ0v) is 22.0. The topological polar surface area (TPSA) is 133 Å². The van der Waals surface area contributed by atoms with Gasteiger partial charge in [0.05, 0.1) is 12.8 Å². The van der Waals surface area contributed by atoms with Crippen molar-refractivity contribution in [3.8, 4) is 22.9 Å². The summed E-state index contributed by atoms with van der Waals surface area (Å²) in [4.78, 5) is 26.6. The highest BCUT2D eigenvalue weighted by molar-refractivity contribution is 5.94. The van der Waals surface area contributed by atoms with E-state index in [9.17, 15) is 9.59 Å². The lowest BCUT2D eigenvalue weighted by Gasteiger charge is -2.34. The van der Waals surface area contributed by atoms with Crippen molar-refractivity contribution in [2.45, 2.75) is 31.7 Å². The first-order valence-electron chi connectivity index (χ1n) is 13.2. The van der Waals surface area contributed by atoms with Crippen LogP contribution in [0.2, 0.25) is 0 Å². The maximum atomic E-state index is 12.7. The largest absolute Gasteiger partial charge is 0.492 e. The fraction of sp³-hybridized carbons (Fsp3) is 0.444. The van der Waals surface area contributed by atoms with Crippen LogP contribution < -0.4 is 24.8 Å². The molecule has 3 aromatic rings. The van der Waals surface area contributed by atoms with Crippen LogP contribution in [-0.4, -0.2) is 77.5 Å². The summed E-state index contributed by atoms with van der Waals surface area (Å²) in [5, 5.41) is 18.5. The molecule has 0 spiro atoms. The Bertz CT molecular complexity index is 1390. The Morgan fingerprint density at radius 2 is 2.10 bits per heavy atom. The molecular weight excluding hydrogens is 502 g/mol. The van der Waals surface area contributed by atoms with Gasteiger partial charge in [0.15, 0.2) is 17.3 Å². The van der Waals surface area contributed by atoms with Crippen LogP contribution in [0.4, 0.5) is 0 Å². The van der Waals surface area contributed by atoms with Gasteiger partial charge in [-0.15, -0.1) is 5.10 Å². The van der Waals surface area contributed by atoms with Gasteiger partial charge in [-0.25, -0.2) is 0 Å². The molecule has 0 aliphatic carbocycles. The fourth-order valence-corrected chi connectivity index (χ4v) is 5.63. The summed E-state index contributed by atoms with van der Waals surface area (Å²) in [6, 6.07) is 8.93. The third-order valence-corrected chi connectivity index (χ3v) is 7.69. The first-order valence-corrected chi connectivity index (χ1v) is 13.2. The molecule has 0 saturated carbocycles. The second-order valence-corrected chi connectivity index (χ2v) is 10.0. The number of amides is 2. The quantitative estimate of drug-likeness (QED) is 0.415. The standard InChI is InChI=1S/C27H31N7O5/c1-33-13-10-18-14-20-23(39-15-38-20)24(37-2)21(18)22(33)25-30-31-32-34(25)19-7-5-17(6-8-19)27(36)28-11-3-4-16-9-12-29-26(16)35/h5-8,14,16,22H,3-4,9-13,15H2,1-2H3,(H,28,36)(H,29,35)/t16-,22-/m0/s1. The van der Waals surface area contributed by atoms with Crippen LogP contribution in [0.3, 0.4) is 0 Å². The van der Waals surface area contributed by atoms with E-state index in [1.807, 2.05) is 25.2 Å². The first-order chi connectivity index (χ1) is 19.0. The van der Waals surface area contributed by atoms with Gasteiger partial charge < -0.3 is 24.8 Å².